The van der Waals surface area contributed by atoms with Crippen molar-refractivity contribution in [3.05, 3.63) is 45.6 Å². The van der Waals surface area contributed by atoms with Crippen LogP contribution in [0.4, 0.5) is 0 Å². The molecule has 1 unspecified atom stereocenters. The maximum Gasteiger partial charge on any atom is 1.00 e. The van der Waals surface area contributed by atoms with Crippen LogP contribution in [0.15, 0.2) is 35.2 Å². The van der Waals surface area contributed by atoms with Gasteiger partial charge in [0, 0.05) is 9.75 Å². The molecule has 2 aromatic rings. The molecule has 0 aliphatic rings. The third kappa shape index (κ3) is 15.8. The van der Waals surface area contributed by atoms with Crippen molar-refractivity contribution in [2.75, 3.05) is 0 Å². The first-order valence-electron chi connectivity index (χ1n) is 14.1. The van der Waals surface area contributed by atoms with Crippen LogP contribution in [0.25, 0.3) is 0 Å². The monoisotopic (exact) mass is 588 g/mol. The zero-order valence-corrected chi connectivity index (χ0v) is 27.6. The summed E-state index contributed by atoms with van der Waals surface area (Å²) < 4.78 is 40.9. The van der Waals surface area contributed by atoms with Crippen LogP contribution in [-0.4, -0.2) is 18.9 Å². The van der Waals surface area contributed by atoms with Gasteiger partial charge in [-0.25, -0.2) is 8.42 Å². The van der Waals surface area contributed by atoms with Gasteiger partial charge in [0.2, 0.25) is 0 Å². The van der Waals surface area contributed by atoms with E-state index in [9.17, 15) is 17.8 Å². The van der Waals surface area contributed by atoms with Crippen molar-refractivity contribution in [3.63, 3.8) is 0 Å². The standard InChI is InChI=1S/C30H46O5S2.CH4.Na/c1-4-5-6-7-8-9-10-11-12-13-14-15-16-17-26-23-27(19-21-29(26)37(32,33)34)35-30(31)24(2)22-28-20-18-25(3)36-28;;/h18-21,23-24H,4-17,22H2,1-3H3,(H,32,33,34);1H4;/q;;+1/p-1. The van der Waals surface area contributed by atoms with E-state index in [2.05, 4.69) is 6.92 Å². The van der Waals surface area contributed by atoms with Gasteiger partial charge in [0.05, 0.1) is 10.8 Å². The predicted octanol–water partition coefficient (Wildman–Crippen LogP) is 6.02. The molecular weight excluding hydrogens is 539 g/mol. The van der Waals surface area contributed by atoms with Gasteiger partial charge >= 0.3 is 35.5 Å². The molecule has 0 radical (unpaired) electrons. The molecule has 8 heteroatoms. The average Bonchev–Trinajstić information content (AvgIpc) is 3.25. The summed E-state index contributed by atoms with van der Waals surface area (Å²) in [5, 5.41) is 0. The molecule has 0 saturated carbocycles. The van der Waals surface area contributed by atoms with Crippen LogP contribution in [-0.2, 0) is 27.8 Å². The summed E-state index contributed by atoms with van der Waals surface area (Å²) >= 11 is 1.66. The van der Waals surface area contributed by atoms with E-state index in [-0.39, 0.29) is 59.5 Å². The summed E-state index contributed by atoms with van der Waals surface area (Å²) in [6.07, 6.45) is 17.0. The van der Waals surface area contributed by atoms with E-state index >= 15 is 0 Å². The van der Waals surface area contributed by atoms with Gasteiger partial charge in [-0.05, 0) is 62.1 Å². The molecule has 1 aromatic heterocycles. The minimum Gasteiger partial charge on any atom is -0.744 e. The Kier molecular flexibility index (Phi) is 20.7. The molecule has 0 amide bonds. The number of unbranched alkanes of at least 4 members (excludes halogenated alkanes) is 12. The predicted molar refractivity (Wildman–Crippen MR) is 158 cm³/mol. The summed E-state index contributed by atoms with van der Waals surface area (Å²) in [7, 11) is -4.59. The first kappa shape index (κ1) is 38.3. The van der Waals surface area contributed by atoms with Crippen LogP contribution in [0, 0.1) is 12.8 Å². The Balaban J connectivity index is 0.00000722. The van der Waals surface area contributed by atoms with Crippen molar-refractivity contribution in [1.82, 2.24) is 0 Å². The zero-order valence-electron chi connectivity index (χ0n) is 23.9. The summed E-state index contributed by atoms with van der Waals surface area (Å²) in [6, 6.07) is 8.27. The molecule has 0 N–H and O–H groups in total. The Morgan fingerprint density at radius 2 is 1.44 bits per heavy atom. The fourth-order valence-corrected chi connectivity index (χ4v) is 6.32. The van der Waals surface area contributed by atoms with Crippen molar-refractivity contribution in [2.45, 2.75) is 129 Å². The SMILES string of the molecule is C.CCCCCCCCCCCCCCCc1cc(OC(=O)C(C)Cc2ccc(C)s2)ccc1S(=O)(=O)[O-].[Na+]. The van der Waals surface area contributed by atoms with E-state index in [1.54, 1.807) is 17.4 Å². The van der Waals surface area contributed by atoms with Crippen molar-refractivity contribution in [3.8, 4) is 5.75 Å². The fraction of sp³-hybridized carbons (Fsp3) is 0.645. The van der Waals surface area contributed by atoms with Crippen molar-refractivity contribution in [2.24, 2.45) is 5.92 Å². The molecule has 1 atom stereocenters. The molecule has 0 saturated heterocycles. The number of thiophene rings is 1. The van der Waals surface area contributed by atoms with Gasteiger partial charge < -0.3 is 9.29 Å². The number of ether oxygens (including phenoxy) is 1. The second kappa shape index (κ2) is 21.1. The number of esters is 1. The summed E-state index contributed by atoms with van der Waals surface area (Å²) in [4.78, 5) is 14.7. The molecule has 0 spiro atoms. The minimum atomic E-state index is -4.59. The quantitative estimate of drug-likeness (QED) is 0.0659. The van der Waals surface area contributed by atoms with E-state index in [0.29, 0.717) is 18.4 Å². The van der Waals surface area contributed by atoms with Gasteiger partial charge in [0.15, 0.2) is 0 Å². The zero-order chi connectivity index (χ0) is 27.1. The van der Waals surface area contributed by atoms with Gasteiger partial charge in [0.25, 0.3) is 0 Å². The van der Waals surface area contributed by atoms with E-state index in [0.717, 1.165) is 24.1 Å². The number of rotatable bonds is 19. The molecule has 0 bridgehead atoms. The van der Waals surface area contributed by atoms with Crippen LogP contribution in [0.2, 0.25) is 0 Å². The second-order valence-electron chi connectivity index (χ2n) is 10.3. The van der Waals surface area contributed by atoms with E-state index in [1.807, 2.05) is 26.0 Å². The molecule has 2 rings (SSSR count). The molecule has 0 fully saturated rings. The molecule has 0 aliphatic heterocycles. The number of aryl methyl sites for hydroxylation is 2. The molecular formula is C31H49NaO5S2. The summed E-state index contributed by atoms with van der Waals surface area (Å²) in [5.74, 6) is -0.405. The average molecular weight is 589 g/mol. The van der Waals surface area contributed by atoms with Crippen molar-refractivity contribution >= 4 is 27.4 Å². The maximum atomic E-state index is 12.6. The van der Waals surface area contributed by atoms with Crippen LogP contribution in [0.5, 0.6) is 5.75 Å². The number of carbonyl (C=O) groups is 1. The molecule has 5 nitrogen and oxygen atoms in total. The van der Waals surface area contributed by atoms with Crippen LogP contribution in [0.3, 0.4) is 0 Å². The van der Waals surface area contributed by atoms with Gasteiger partial charge in [-0.3, -0.25) is 4.79 Å². The van der Waals surface area contributed by atoms with E-state index < -0.39 is 10.1 Å². The Labute approximate surface area is 264 Å². The first-order chi connectivity index (χ1) is 17.7. The molecule has 216 valence electrons. The first-order valence-corrected chi connectivity index (χ1v) is 16.3. The van der Waals surface area contributed by atoms with Gasteiger partial charge in [-0.2, -0.15) is 0 Å². The van der Waals surface area contributed by atoms with Crippen LogP contribution < -0.4 is 34.3 Å². The van der Waals surface area contributed by atoms with E-state index in [1.165, 1.54) is 81.2 Å². The summed E-state index contributed by atoms with van der Waals surface area (Å²) in [5.41, 5.74) is 0.435. The van der Waals surface area contributed by atoms with Crippen LogP contribution in [0.1, 0.15) is 120 Å². The normalized spacial score (nSPS) is 11.9. The molecule has 1 heterocycles. The molecule has 1 aromatic carbocycles. The molecule has 39 heavy (non-hydrogen) atoms. The second-order valence-corrected chi connectivity index (χ2v) is 13.0. The van der Waals surface area contributed by atoms with Crippen LogP contribution >= 0.6 is 11.3 Å². The summed E-state index contributed by atoms with van der Waals surface area (Å²) in [6.45, 7) is 6.10. The number of benzene rings is 1. The smallest absolute Gasteiger partial charge is 0.744 e. The van der Waals surface area contributed by atoms with Gasteiger partial charge in [-0.15, -0.1) is 11.3 Å². The van der Waals surface area contributed by atoms with Gasteiger partial charge in [-0.1, -0.05) is 98.3 Å². The minimum absolute atomic E-state index is 0. The van der Waals surface area contributed by atoms with Crippen molar-refractivity contribution in [1.29, 1.82) is 0 Å². The fourth-order valence-electron chi connectivity index (χ4n) is 4.59. The largest absolute Gasteiger partial charge is 1.00 e. The van der Waals surface area contributed by atoms with Crippen molar-refractivity contribution < 1.29 is 52.1 Å². The van der Waals surface area contributed by atoms with E-state index in [4.69, 9.17) is 4.74 Å². The Bertz CT molecular complexity index is 1050. The Hall–Kier alpha value is -0.700. The Morgan fingerprint density at radius 1 is 0.897 bits per heavy atom. The number of carbonyl (C=O) groups excluding carboxylic acids is 1. The maximum absolute atomic E-state index is 12.6. The number of hydrogen-bond acceptors (Lipinski definition) is 6. The van der Waals surface area contributed by atoms with Gasteiger partial charge in [0.1, 0.15) is 15.9 Å². The third-order valence-electron chi connectivity index (χ3n) is 6.78. The topological polar surface area (TPSA) is 83.5 Å². The Morgan fingerprint density at radius 3 is 1.92 bits per heavy atom. The number of hydrogen-bond donors (Lipinski definition) is 0. The third-order valence-corrected chi connectivity index (χ3v) is 8.74. The molecule has 0 aliphatic carbocycles.